The summed E-state index contributed by atoms with van der Waals surface area (Å²) in [4.78, 5) is 10.8. The predicted octanol–water partition coefficient (Wildman–Crippen LogP) is 1.92. The van der Waals surface area contributed by atoms with Crippen LogP contribution in [0, 0.1) is 10.1 Å². The Morgan fingerprint density at radius 2 is 1.78 bits per heavy atom. The molecule has 1 aliphatic heterocycles. The van der Waals surface area contributed by atoms with Crippen LogP contribution in [0.3, 0.4) is 0 Å². The average molecular weight is 323 g/mol. The summed E-state index contributed by atoms with van der Waals surface area (Å²) < 4.78 is 22.1. The minimum absolute atomic E-state index is 0.117. The fourth-order valence-electron chi connectivity index (χ4n) is 2.16. The summed E-state index contributed by atoms with van der Waals surface area (Å²) in [5.74, 6) is 0.201. The third kappa shape index (κ3) is 3.65. The number of ether oxygens (including phenoxy) is 2. The molecule has 0 N–H and O–H groups in total. The van der Waals surface area contributed by atoms with E-state index in [1.54, 1.807) is 19.2 Å². The van der Waals surface area contributed by atoms with Crippen molar-refractivity contribution in [3.05, 3.63) is 28.3 Å². The Kier molecular flexibility index (Phi) is 4.98. The maximum absolute atomic E-state index is 11.3. The Labute approximate surface area is 136 Å². The molecule has 0 bridgehead atoms. The Morgan fingerprint density at radius 1 is 1.17 bits per heavy atom. The second kappa shape index (κ2) is 6.47. The van der Waals surface area contributed by atoms with E-state index in [2.05, 4.69) is 0 Å². The molecular weight excluding hydrogens is 301 g/mol. The highest BCUT2D eigenvalue weighted by molar-refractivity contribution is 6.62. The molecule has 2 rings (SSSR count). The Balaban J connectivity index is 2.25. The van der Waals surface area contributed by atoms with E-state index in [-0.39, 0.29) is 18.0 Å². The first kappa shape index (κ1) is 17.7. The summed E-state index contributed by atoms with van der Waals surface area (Å²) in [6.07, 6.45) is 0. The van der Waals surface area contributed by atoms with Crippen LogP contribution in [-0.4, -0.2) is 43.6 Å². The number of rotatable bonds is 6. The maximum atomic E-state index is 11.3. The molecule has 1 heterocycles. The molecular formula is C15H22BNO6. The molecule has 8 heteroatoms. The van der Waals surface area contributed by atoms with Crippen LogP contribution in [-0.2, 0) is 14.0 Å². The van der Waals surface area contributed by atoms with Gasteiger partial charge in [0.2, 0.25) is 0 Å². The number of methoxy groups -OCH3 is 1. The number of hydrogen-bond acceptors (Lipinski definition) is 6. The third-order valence-electron chi connectivity index (χ3n) is 4.25. The molecule has 0 aromatic heterocycles. The van der Waals surface area contributed by atoms with E-state index < -0.39 is 23.2 Å². The van der Waals surface area contributed by atoms with Gasteiger partial charge >= 0.3 is 12.8 Å². The van der Waals surface area contributed by atoms with Gasteiger partial charge in [-0.3, -0.25) is 10.1 Å². The van der Waals surface area contributed by atoms with E-state index in [4.69, 9.17) is 18.8 Å². The van der Waals surface area contributed by atoms with Crippen molar-refractivity contribution in [2.45, 2.75) is 38.9 Å². The summed E-state index contributed by atoms with van der Waals surface area (Å²) in [5, 5.41) is 11.3. The van der Waals surface area contributed by atoms with Gasteiger partial charge in [-0.2, -0.15) is 0 Å². The molecule has 1 aliphatic rings. The van der Waals surface area contributed by atoms with E-state index in [0.717, 1.165) is 0 Å². The molecule has 0 spiro atoms. The van der Waals surface area contributed by atoms with Crippen molar-refractivity contribution in [1.82, 2.24) is 0 Å². The summed E-state index contributed by atoms with van der Waals surface area (Å²) >= 11 is 0. The van der Waals surface area contributed by atoms with Gasteiger partial charge in [0, 0.05) is 13.2 Å². The lowest BCUT2D eigenvalue weighted by atomic mass is 9.79. The van der Waals surface area contributed by atoms with Crippen LogP contribution in [0.4, 0.5) is 5.69 Å². The zero-order valence-corrected chi connectivity index (χ0v) is 14.1. The van der Waals surface area contributed by atoms with Gasteiger partial charge in [-0.05, 0) is 39.2 Å². The van der Waals surface area contributed by atoms with Gasteiger partial charge in [0.05, 0.1) is 22.7 Å². The average Bonchev–Trinajstić information content (AvgIpc) is 2.67. The van der Waals surface area contributed by atoms with Crippen LogP contribution in [0.15, 0.2) is 18.2 Å². The molecule has 0 amide bonds. The van der Waals surface area contributed by atoms with Crippen molar-refractivity contribution in [2.75, 3.05) is 20.3 Å². The summed E-state index contributed by atoms with van der Waals surface area (Å²) in [7, 11) is 0.894. The summed E-state index contributed by atoms with van der Waals surface area (Å²) in [5.41, 5.74) is -0.525. The number of hydrogen-bond donors (Lipinski definition) is 0. The SMILES string of the molecule is COCCOc1ccc(B2OC(C)(C)C(C)(C)O2)cc1[N+](=O)[O-]. The van der Waals surface area contributed by atoms with E-state index in [1.807, 2.05) is 27.7 Å². The van der Waals surface area contributed by atoms with Crippen LogP contribution < -0.4 is 10.2 Å². The Morgan fingerprint density at radius 3 is 2.30 bits per heavy atom. The number of nitro groups is 1. The van der Waals surface area contributed by atoms with E-state index in [0.29, 0.717) is 12.1 Å². The molecule has 0 saturated carbocycles. The number of benzene rings is 1. The van der Waals surface area contributed by atoms with Crippen molar-refractivity contribution in [3.8, 4) is 5.75 Å². The summed E-state index contributed by atoms with van der Waals surface area (Å²) in [6.45, 7) is 8.34. The molecule has 0 radical (unpaired) electrons. The largest absolute Gasteiger partial charge is 0.495 e. The fraction of sp³-hybridized carbons (Fsp3) is 0.600. The van der Waals surface area contributed by atoms with Crippen molar-refractivity contribution in [2.24, 2.45) is 0 Å². The topological polar surface area (TPSA) is 80.1 Å². The molecule has 0 atom stereocenters. The van der Waals surface area contributed by atoms with Gasteiger partial charge in [0.25, 0.3) is 0 Å². The van der Waals surface area contributed by atoms with Gasteiger partial charge in [-0.25, -0.2) is 0 Å². The molecule has 0 unspecified atom stereocenters. The van der Waals surface area contributed by atoms with Crippen molar-refractivity contribution >= 4 is 18.3 Å². The molecule has 1 aromatic rings. The smallest absolute Gasteiger partial charge is 0.484 e. The van der Waals surface area contributed by atoms with E-state index in [1.165, 1.54) is 6.07 Å². The van der Waals surface area contributed by atoms with E-state index >= 15 is 0 Å². The quantitative estimate of drug-likeness (QED) is 0.344. The van der Waals surface area contributed by atoms with Crippen molar-refractivity contribution in [3.63, 3.8) is 0 Å². The van der Waals surface area contributed by atoms with Crippen LogP contribution in [0.25, 0.3) is 0 Å². The Bertz CT molecular complexity index is 573. The number of nitrogens with zero attached hydrogens (tertiary/aromatic N) is 1. The number of nitro benzene ring substituents is 1. The lowest BCUT2D eigenvalue weighted by molar-refractivity contribution is -0.385. The first-order chi connectivity index (χ1) is 10.7. The lowest BCUT2D eigenvalue weighted by Gasteiger charge is -2.32. The predicted molar refractivity (Wildman–Crippen MR) is 86.2 cm³/mol. The van der Waals surface area contributed by atoms with Crippen molar-refractivity contribution in [1.29, 1.82) is 0 Å². The molecule has 126 valence electrons. The molecule has 1 aromatic carbocycles. The van der Waals surface area contributed by atoms with Gasteiger partial charge < -0.3 is 18.8 Å². The standard InChI is InChI=1S/C15H22BNO6/c1-14(2)15(3,4)23-16(22-14)11-6-7-13(21-9-8-20-5)12(10-11)17(18)19/h6-7,10H,8-9H2,1-5H3. The molecule has 1 saturated heterocycles. The van der Waals surface area contributed by atoms with Crippen LogP contribution in [0.5, 0.6) is 5.75 Å². The zero-order chi connectivity index (χ0) is 17.3. The van der Waals surface area contributed by atoms with Gasteiger partial charge in [-0.1, -0.05) is 6.07 Å². The van der Waals surface area contributed by atoms with Gasteiger partial charge in [-0.15, -0.1) is 0 Å². The van der Waals surface area contributed by atoms with Crippen LogP contribution in [0.2, 0.25) is 0 Å². The highest BCUT2D eigenvalue weighted by Crippen LogP contribution is 2.37. The first-order valence-corrected chi connectivity index (χ1v) is 7.43. The van der Waals surface area contributed by atoms with Crippen molar-refractivity contribution < 1.29 is 23.7 Å². The van der Waals surface area contributed by atoms with Crippen LogP contribution in [0.1, 0.15) is 27.7 Å². The Hall–Kier alpha value is -1.64. The van der Waals surface area contributed by atoms with Gasteiger partial charge in [0.1, 0.15) is 6.61 Å². The monoisotopic (exact) mass is 323 g/mol. The molecule has 0 aliphatic carbocycles. The zero-order valence-electron chi connectivity index (χ0n) is 14.1. The summed E-state index contributed by atoms with van der Waals surface area (Å²) in [6, 6.07) is 4.72. The second-order valence-corrected chi connectivity index (χ2v) is 6.41. The highest BCUT2D eigenvalue weighted by atomic mass is 16.7. The first-order valence-electron chi connectivity index (χ1n) is 7.43. The molecule has 23 heavy (non-hydrogen) atoms. The second-order valence-electron chi connectivity index (χ2n) is 6.41. The van der Waals surface area contributed by atoms with E-state index in [9.17, 15) is 10.1 Å². The fourth-order valence-corrected chi connectivity index (χ4v) is 2.16. The van der Waals surface area contributed by atoms with Crippen LogP contribution >= 0.6 is 0 Å². The minimum Gasteiger partial charge on any atom is -0.484 e. The highest BCUT2D eigenvalue weighted by Gasteiger charge is 2.52. The lowest BCUT2D eigenvalue weighted by Crippen LogP contribution is -2.41. The maximum Gasteiger partial charge on any atom is 0.495 e. The third-order valence-corrected chi connectivity index (χ3v) is 4.25. The minimum atomic E-state index is -0.647. The van der Waals surface area contributed by atoms with Gasteiger partial charge in [0.15, 0.2) is 5.75 Å². The molecule has 7 nitrogen and oxygen atoms in total. The molecule has 1 fully saturated rings. The normalized spacial score (nSPS) is 18.9.